The van der Waals surface area contributed by atoms with Crippen LogP contribution >= 0.6 is 23.1 Å². The molecule has 0 aliphatic heterocycles. The van der Waals surface area contributed by atoms with Crippen molar-refractivity contribution in [3.63, 3.8) is 0 Å². The Balaban J connectivity index is 2.28. The highest BCUT2D eigenvalue weighted by Gasteiger charge is 2.33. The van der Waals surface area contributed by atoms with Gasteiger partial charge in [0.1, 0.15) is 0 Å². The van der Waals surface area contributed by atoms with Crippen LogP contribution in [0.3, 0.4) is 0 Å². The minimum absolute atomic E-state index is 0.0816. The summed E-state index contributed by atoms with van der Waals surface area (Å²) >= 11 is 2.47. The first kappa shape index (κ1) is 16.1. The van der Waals surface area contributed by atoms with Crippen molar-refractivity contribution in [1.29, 1.82) is 0 Å². The Morgan fingerprint density at radius 3 is 2.52 bits per heavy atom. The van der Waals surface area contributed by atoms with Crippen molar-refractivity contribution in [2.24, 2.45) is 5.73 Å². The number of alkyl halides is 3. The first-order valence-corrected chi connectivity index (χ1v) is 7.53. The van der Waals surface area contributed by atoms with E-state index in [0.717, 1.165) is 17.8 Å². The fourth-order valence-corrected chi connectivity index (χ4v) is 3.36. The summed E-state index contributed by atoms with van der Waals surface area (Å²) in [6, 6.07) is 4.11. The fraction of sp³-hybridized carbons (Fsp3) is 0.333. The molecular weight excluding hydrogens is 321 g/mol. The highest BCUT2D eigenvalue weighted by molar-refractivity contribution is 8.01. The van der Waals surface area contributed by atoms with Gasteiger partial charge in [-0.05, 0) is 17.7 Å². The summed E-state index contributed by atoms with van der Waals surface area (Å²) in [5, 5.41) is 8.60. The molecule has 0 saturated carbocycles. The summed E-state index contributed by atoms with van der Waals surface area (Å²) in [6.45, 7) is -0.149. The second kappa shape index (κ2) is 6.20. The van der Waals surface area contributed by atoms with Crippen LogP contribution in [-0.2, 0) is 12.7 Å². The maximum atomic E-state index is 13.0. The number of hydrogen-bond donors (Lipinski definition) is 1. The molecule has 114 valence electrons. The van der Waals surface area contributed by atoms with E-state index >= 15 is 0 Å². The van der Waals surface area contributed by atoms with Crippen LogP contribution in [0.4, 0.5) is 18.3 Å². The van der Waals surface area contributed by atoms with Crippen molar-refractivity contribution in [2.45, 2.75) is 22.0 Å². The van der Waals surface area contributed by atoms with Crippen LogP contribution in [0.15, 0.2) is 27.4 Å². The van der Waals surface area contributed by atoms with Crippen molar-refractivity contribution < 1.29 is 13.2 Å². The second-order valence-electron chi connectivity index (χ2n) is 4.37. The molecule has 0 fully saturated rings. The van der Waals surface area contributed by atoms with Crippen molar-refractivity contribution in [1.82, 2.24) is 10.2 Å². The summed E-state index contributed by atoms with van der Waals surface area (Å²) in [5.74, 6) is 0. The number of rotatable bonds is 4. The number of nitrogens with zero attached hydrogens (tertiary/aromatic N) is 3. The van der Waals surface area contributed by atoms with Gasteiger partial charge in [0.2, 0.25) is 5.13 Å². The van der Waals surface area contributed by atoms with E-state index in [0.29, 0.717) is 14.4 Å². The molecule has 4 nitrogen and oxygen atoms in total. The Bertz CT molecular complexity index is 625. The molecule has 1 aromatic heterocycles. The smallest absolute Gasteiger partial charge is 0.353 e. The quantitative estimate of drug-likeness (QED) is 0.930. The van der Waals surface area contributed by atoms with Crippen molar-refractivity contribution >= 4 is 28.2 Å². The summed E-state index contributed by atoms with van der Waals surface area (Å²) < 4.78 is 39.5. The van der Waals surface area contributed by atoms with Gasteiger partial charge in [-0.15, -0.1) is 10.2 Å². The monoisotopic (exact) mass is 334 g/mol. The average molecular weight is 334 g/mol. The number of aromatic nitrogens is 2. The number of anilines is 1. The van der Waals surface area contributed by atoms with E-state index in [1.165, 1.54) is 17.4 Å². The molecule has 0 bridgehead atoms. The van der Waals surface area contributed by atoms with Crippen molar-refractivity contribution in [3.05, 3.63) is 29.3 Å². The zero-order chi connectivity index (χ0) is 15.6. The van der Waals surface area contributed by atoms with Crippen LogP contribution in [0.5, 0.6) is 0 Å². The lowest BCUT2D eigenvalue weighted by molar-refractivity contribution is -0.138. The van der Waals surface area contributed by atoms with Gasteiger partial charge in [0.05, 0.1) is 5.56 Å². The highest BCUT2D eigenvalue weighted by atomic mass is 32.2. The minimum Gasteiger partial charge on any atom is -0.353 e. The molecule has 0 radical (unpaired) electrons. The minimum atomic E-state index is -4.42. The van der Waals surface area contributed by atoms with E-state index < -0.39 is 11.7 Å². The lowest BCUT2D eigenvalue weighted by Crippen LogP contribution is -2.11. The van der Waals surface area contributed by atoms with Crippen LogP contribution < -0.4 is 10.6 Å². The molecule has 2 aromatic rings. The zero-order valence-corrected chi connectivity index (χ0v) is 12.9. The Morgan fingerprint density at radius 1 is 1.29 bits per heavy atom. The van der Waals surface area contributed by atoms with Gasteiger partial charge >= 0.3 is 6.18 Å². The summed E-state index contributed by atoms with van der Waals surface area (Å²) in [4.78, 5) is 2.25. The van der Waals surface area contributed by atoms with Crippen LogP contribution in [0, 0.1) is 0 Å². The predicted molar refractivity (Wildman–Crippen MR) is 77.7 cm³/mol. The molecule has 0 aliphatic carbocycles. The zero-order valence-electron chi connectivity index (χ0n) is 11.3. The average Bonchev–Trinajstić information content (AvgIpc) is 2.86. The molecule has 0 atom stereocenters. The molecular formula is C12H13F3N4S2. The first-order valence-electron chi connectivity index (χ1n) is 5.90. The van der Waals surface area contributed by atoms with E-state index in [1.54, 1.807) is 11.0 Å². The third-order valence-electron chi connectivity index (χ3n) is 2.59. The van der Waals surface area contributed by atoms with Gasteiger partial charge in [-0.1, -0.05) is 29.2 Å². The van der Waals surface area contributed by atoms with E-state index in [-0.39, 0.29) is 12.1 Å². The maximum absolute atomic E-state index is 13.0. The van der Waals surface area contributed by atoms with Crippen molar-refractivity contribution in [2.75, 3.05) is 19.0 Å². The number of hydrogen-bond acceptors (Lipinski definition) is 6. The lowest BCUT2D eigenvalue weighted by atomic mass is 10.1. The van der Waals surface area contributed by atoms with Crippen LogP contribution in [0.2, 0.25) is 0 Å². The maximum Gasteiger partial charge on any atom is 0.416 e. The second-order valence-corrected chi connectivity index (χ2v) is 6.64. The Labute approximate surface area is 128 Å². The summed E-state index contributed by atoms with van der Waals surface area (Å²) in [6.07, 6.45) is -4.42. The van der Waals surface area contributed by atoms with Gasteiger partial charge in [-0.3, -0.25) is 0 Å². The third-order valence-corrected chi connectivity index (χ3v) is 4.72. The molecule has 0 amide bonds. The Morgan fingerprint density at radius 2 is 2.00 bits per heavy atom. The van der Waals surface area contributed by atoms with Crippen molar-refractivity contribution in [3.8, 4) is 0 Å². The first-order chi connectivity index (χ1) is 9.81. The molecule has 0 aliphatic rings. The molecule has 9 heteroatoms. The normalized spacial score (nSPS) is 11.7. The third kappa shape index (κ3) is 3.86. The van der Waals surface area contributed by atoms with E-state index in [2.05, 4.69) is 10.2 Å². The fourth-order valence-electron chi connectivity index (χ4n) is 1.59. The Hall–Kier alpha value is -1.32. The number of benzene rings is 1. The van der Waals surface area contributed by atoms with Gasteiger partial charge < -0.3 is 10.6 Å². The largest absolute Gasteiger partial charge is 0.416 e. The standard InChI is InChI=1S/C12H13F3N4S2/c1-19(2)10-17-18-11(21-10)20-8-4-3-7(6-16)9(5-8)12(13,14)15/h3-5H,6,16H2,1-2H3. The van der Waals surface area contributed by atoms with Crippen LogP contribution in [0.1, 0.15) is 11.1 Å². The molecule has 0 spiro atoms. The number of halogens is 3. The summed E-state index contributed by atoms with van der Waals surface area (Å²) in [7, 11) is 3.65. The topological polar surface area (TPSA) is 55.0 Å². The predicted octanol–water partition coefficient (Wildman–Crippen LogP) is 3.23. The lowest BCUT2D eigenvalue weighted by Gasteiger charge is -2.12. The molecule has 2 rings (SSSR count). The van der Waals surface area contributed by atoms with E-state index in [4.69, 9.17) is 5.73 Å². The van der Waals surface area contributed by atoms with Crippen LogP contribution in [0.25, 0.3) is 0 Å². The summed E-state index contributed by atoms with van der Waals surface area (Å²) in [5.41, 5.74) is 4.73. The highest BCUT2D eigenvalue weighted by Crippen LogP contribution is 2.38. The number of nitrogens with two attached hydrogens (primary N) is 1. The van der Waals surface area contributed by atoms with Gasteiger partial charge in [0.15, 0.2) is 4.34 Å². The molecule has 0 saturated heterocycles. The molecule has 1 heterocycles. The Kier molecular flexibility index (Phi) is 4.74. The molecule has 2 N–H and O–H groups in total. The van der Waals surface area contributed by atoms with E-state index in [9.17, 15) is 13.2 Å². The van der Waals surface area contributed by atoms with Gasteiger partial charge in [0, 0.05) is 25.5 Å². The van der Waals surface area contributed by atoms with Crippen LogP contribution in [-0.4, -0.2) is 24.3 Å². The van der Waals surface area contributed by atoms with Gasteiger partial charge in [0.25, 0.3) is 0 Å². The molecule has 21 heavy (non-hydrogen) atoms. The van der Waals surface area contributed by atoms with E-state index in [1.807, 2.05) is 14.1 Å². The molecule has 1 aromatic carbocycles. The van der Waals surface area contributed by atoms with Gasteiger partial charge in [-0.2, -0.15) is 13.2 Å². The van der Waals surface area contributed by atoms with Gasteiger partial charge in [-0.25, -0.2) is 0 Å². The molecule has 0 unspecified atom stereocenters. The SMILES string of the molecule is CN(C)c1nnc(Sc2ccc(CN)c(C(F)(F)F)c2)s1.